The van der Waals surface area contributed by atoms with E-state index < -0.39 is 0 Å². The molecule has 0 saturated heterocycles. The number of nitrogens with zero attached hydrogens (tertiary/aromatic N) is 1. The zero-order valence-electron chi connectivity index (χ0n) is 14.0. The Balaban J connectivity index is 2.59. The first-order chi connectivity index (χ1) is 10.2. The fourth-order valence-corrected chi connectivity index (χ4v) is 3.38. The largest absolute Gasteiger partial charge is 0.313 e. The van der Waals surface area contributed by atoms with E-state index in [9.17, 15) is 0 Å². The second kappa shape index (κ2) is 10.4. The summed E-state index contributed by atoms with van der Waals surface area (Å²) in [6.45, 7) is 10.4. The number of benzene rings is 1. The number of halogens is 1. The monoisotopic (exact) mass is 354 g/mol. The lowest BCUT2D eigenvalue weighted by Gasteiger charge is -2.27. The molecular formula is C18H31BrN2. The van der Waals surface area contributed by atoms with E-state index in [2.05, 4.69) is 78.2 Å². The quantitative estimate of drug-likeness (QED) is 0.645. The van der Waals surface area contributed by atoms with Gasteiger partial charge in [-0.1, -0.05) is 67.7 Å². The van der Waals surface area contributed by atoms with E-state index in [0.717, 1.165) is 25.4 Å². The Morgan fingerprint density at radius 2 is 1.81 bits per heavy atom. The summed E-state index contributed by atoms with van der Waals surface area (Å²) < 4.78 is 1.20. The minimum atomic E-state index is 0.413. The van der Waals surface area contributed by atoms with Gasteiger partial charge in [-0.3, -0.25) is 0 Å². The van der Waals surface area contributed by atoms with Crippen molar-refractivity contribution in [3.63, 3.8) is 0 Å². The van der Waals surface area contributed by atoms with Crippen molar-refractivity contribution >= 4 is 15.9 Å². The SMILES string of the molecule is CCC(CC)CN(CC)CCC(NC)c1ccccc1Br. The van der Waals surface area contributed by atoms with Gasteiger partial charge in [0.2, 0.25) is 0 Å². The van der Waals surface area contributed by atoms with E-state index in [1.54, 1.807) is 0 Å². The lowest BCUT2D eigenvalue weighted by Crippen LogP contribution is -2.32. The van der Waals surface area contributed by atoms with Crippen molar-refractivity contribution < 1.29 is 0 Å². The first-order valence-electron chi connectivity index (χ1n) is 8.30. The Bertz CT molecular complexity index is 391. The molecule has 0 heterocycles. The smallest absolute Gasteiger partial charge is 0.0340 e. The number of nitrogens with one attached hydrogen (secondary N) is 1. The molecule has 0 aromatic heterocycles. The third-order valence-electron chi connectivity index (χ3n) is 4.48. The van der Waals surface area contributed by atoms with Gasteiger partial charge in [-0.25, -0.2) is 0 Å². The third kappa shape index (κ3) is 6.09. The van der Waals surface area contributed by atoms with Crippen LogP contribution in [0.3, 0.4) is 0 Å². The van der Waals surface area contributed by atoms with Gasteiger partial charge in [-0.2, -0.15) is 0 Å². The van der Waals surface area contributed by atoms with Crippen LogP contribution in [-0.2, 0) is 0 Å². The average Bonchev–Trinajstić information content (AvgIpc) is 2.52. The van der Waals surface area contributed by atoms with Crippen LogP contribution in [0.25, 0.3) is 0 Å². The highest BCUT2D eigenvalue weighted by molar-refractivity contribution is 9.10. The molecule has 0 fully saturated rings. The van der Waals surface area contributed by atoms with Crippen LogP contribution in [0.15, 0.2) is 28.7 Å². The summed E-state index contributed by atoms with van der Waals surface area (Å²) in [6.07, 6.45) is 3.71. The zero-order chi connectivity index (χ0) is 15.7. The Morgan fingerprint density at radius 1 is 1.14 bits per heavy atom. The fourth-order valence-electron chi connectivity index (χ4n) is 2.82. The molecule has 1 aromatic carbocycles. The molecule has 0 aliphatic carbocycles. The van der Waals surface area contributed by atoms with Gasteiger partial charge in [-0.05, 0) is 44.1 Å². The summed E-state index contributed by atoms with van der Waals surface area (Å²) >= 11 is 3.67. The van der Waals surface area contributed by atoms with E-state index in [0.29, 0.717) is 6.04 Å². The number of hydrogen-bond acceptors (Lipinski definition) is 2. The van der Waals surface area contributed by atoms with Crippen LogP contribution < -0.4 is 5.32 Å². The van der Waals surface area contributed by atoms with E-state index in [1.165, 1.54) is 29.4 Å². The van der Waals surface area contributed by atoms with Crippen molar-refractivity contribution in [2.24, 2.45) is 5.92 Å². The maximum absolute atomic E-state index is 3.67. The lowest BCUT2D eigenvalue weighted by atomic mass is 10.0. The molecule has 2 nitrogen and oxygen atoms in total. The molecule has 1 atom stereocenters. The van der Waals surface area contributed by atoms with Crippen molar-refractivity contribution in [3.05, 3.63) is 34.3 Å². The Kier molecular flexibility index (Phi) is 9.21. The van der Waals surface area contributed by atoms with Gasteiger partial charge < -0.3 is 10.2 Å². The molecule has 0 aliphatic rings. The highest BCUT2D eigenvalue weighted by Crippen LogP contribution is 2.25. The molecule has 21 heavy (non-hydrogen) atoms. The predicted molar refractivity (Wildman–Crippen MR) is 96.7 cm³/mol. The topological polar surface area (TPSA) is 15.3 Å². The normalized spacial score (nSPS) is 13.1. The van der Waals surface area contributed by atoms with Gasteiger partial charge in [0.15, 0.2) is 0 Å². The summed E-state index contributed by atoms with van der Waals surface area (Å²) in [5.74, 6) is 0.835. The fraction of sp³-hybridized carbons (Fsp3) is 0.667. The second-order valence-corrected chi connectivity index (χ2v) is 6.58. The van der Waals surface area contributed by atoms with E-state index >= 15 is 0 Å². The molecule has 1 aromatic rings. The molecule has 3 heteroatoms. The summed E-state index contributed by atoms with van der Waals surface area (Å²) in [5.41, 5.74) is 1.36. The van der Waals surface area contributed by atoms with Crippen molar-refractivity contribution in [1.29, 1.82) is 0 Å². The van der Waals surface area contributed by atoms with Gasteiger partial charge >= 0.3 is 0 Å². The standard InChI is InChI=1S/C18H31BrN2/c1-5-15(6-2)14-21(7-3)13-12-18(20-4)16-10-8-9-11-17(16)19/h8-11,15,18,20H,5-7,12-14H2,1-4H3. The second-order valence-electron chi connectivity index (χ2n) is 5.73. The first-order valence-corrected chi connectivity index (χ1v) is 9.09. The maximum Gasteiger partial charge on any atom is 0.0340 e. The minimum absolute atomic E-state index is 0.413. The summed E-state index contributed by atoms with van der Waals surface area (Å²) in [7, 11) is 2.06. The maximum atomic E-state index is 3.67. The minimum Gasteiger partial charge on any atom is -0.313 e. The van der Waals surface area contributed by atoms with E-state index in [4.69, 9.17) is 0 Å². The van der Waals surface area contributed by atoms with Crippen LogP contribution in [0, 0.1) is 5.92 Å². The van der Waals surface area contributed by atoms with Crippen LogP contribution >= 0.6 is 15.9 Å². The lowest BCUT2D eigenvalue weighted by molar-refractivity contribution is 0.223. The van der Waals surface area contributed by atoms with E-state index in [1.807, 2.05) is 0 Å². The molecular weight excluding hydrogens is 324 g/mol. The zero-order valence-corrected chi connectivity index (χ0v) is 15.6. The predicted octanol–water partition coefficient (Wildman–Crippen LogP) is 4.86. The average molecular weight is 355 g/mol. The summed E-state index contributed by atoms with van der Waals surface area (Å²) in [4.78, 5) is 2.60. The van der Waals surface area contributed by atoms with Crippen LogP contribution in [0.5, 0.6) is 0 Å². The molecule has 1 unspecified atom stereocenters. The van der Waals surface area contributed by atoms with Crippen molar-refractivity contribution in [3.8, 4) is 0 Å². The molecule has 0 bridgehead atoms. The van der Waals surface area contributed by atoms with Crippen molar-refractivity contribution in [1.82, 2.24) is 10.2 Å². The number of rotatable bonds is 10. The molecule has 0 amide bonds. The molecule has 1 N–H and O–H groups in total. The first kappa shape index (κ1) is 18.7. The molecule has 1 rings (SSSR count). The van der Waals surface area contributed by atoms with Crippen molar-refractivity contribution in [2.75, 3.05) is 26.7 Å². The van der Waals surface area contributed by atoms with Gasteiger partial charge in [-0.15, -0.1) is 0 Å². The molecule has 120 valence electrons. The molecule has 0 saturated carbocycles. The molecule has 0 radical (unpaired) electrons. The van der Waals surface area contributed by atoms with Gasteiger partial charge in [0, 0.05) is 17.1 Å². The Morgan fingerprint density at radius 3 is 2.33 bits per heavy atom. The van der Waals surface area contributed by atoms with Crippen molar-refractivity contribution in [2.45, 2.75) is 46.1 Å². The van der Waals surface area contributed by atoms with Crippen LogP contribution in [0.4, 0.5) is 0 Å². The van der Waals surface area contributed by atoms with Gasteiger partial charge in [0.05, 0.1) is 0 Å². The van der Waals surface area contributed by atoms with Crippen LogP contribution in [0.2, 0.25) is 0 Å². The Labute approximate surface area is 139 Å². The number of hydrogen-bond donors (Lipinski definition) is 1. The Hall–Kier alpha value is -0.380. The van der Waals surface area contributed by atoms with Crippen LogP contribution in [0.1, 0.15) is 51.6 Å². The summed E-state index contributed by atoms with van der Waals surface area (Å²) in [5, 5.41) is 3.46. The molecule has 0 aliphatic heterocycles. The molecule has 0 spiro atoms. The third-order valence-corrected chi connectivity index (χ3v) is 5.20. The summed E-state index contributed by atoms with van der Waals surface area (Å²) in [6, 6.07) is 8.94. The van der Waals surface area contributed by atoms with Gasteiger partial charge in [0.25, 0.3) is 0 Å². The highest BCUT2D eigenvalue weighted by atomic mass is 79.9. The van der Waals surface area contributed by atoms with E-state index in [-0.39, 0.29) is 0 Å². The van der Waals surface area contributed by atoms with Gasteiger partial charge in [0.1, 0.15) is 0 Å². The van der Waals surface area contributed by atoms with Crippen LogP contribution in [-0.4, -0.2) is 31.6 Å². The highest BCUT2D eigenvalue weighted by Gasteiger charge is 2.15.